The molecule has 2 aromatic heterocycles. The second-order valence-corrected chi connectivity index (χ2v) is 5.73. The lowest BCUT2D eigenvalue weighted by Gasteiger charge is -2.10. The summed E-state index contributed by atoms with van der Waals surface area (Å²) in [6.07, 6.45) is 0.681. The van der Waals surface area contributed by atoms with E-state index in [1.165, 1.54) is 12.1 Å². The molecule has 3 rings (SSSR count). The van der Waals surface area contributed by atoms with E-state index in [9.17, 15) is 9.18 Å². The van der Waals surface area contributed by atoms with Crippen LogP contribution in [-0.4, -0.2) is 25.5 Å². The molecule has 0 bridgehead atoms. The van der Waals surface area contributed by atoms with Crippen LogP contribution in [0.15, 0.2) is 24.3 Å². The minimum atomic E-state index is -0.455. The molecule has 1 aromatic carbocycles. The van der Waals surface area contributed by atoms with Gasteiger partial charge in [-0.15, -0.1) is 17.5 Å². The molecular weight excluding hydrogens is 359 g/mol. The van der Waals surface area contributed by atoms with Gasteiger partial charge in [-0.25, -0.2) is 13.9 Å². The Balaban J connectivity index is 0.00000243. The summed E-state index contributed by atoms with van der Waals surface area (Å²) in [5.41, 5.74) is 8.33. The van der Waals surface area contributed by atoms with Crippen molar-refractivity contribution >= 4 is 29.8 Å². The van der Waals surface area contributed by atoms with Gasteiger partial charge in [0.05, 0.1) is 12.2 Å². The first-order chi connectivity index (χ1) is 12.0. The van der Waals surface area contributed by atoms with E-state index in [2.05, 4.69) is 20.4 Å². The molecule has 0 saturated heterocycles. The van der Waals surface area contributed by atoms with Crippen molar-refractivity contribution in [1.82, 2.24) is 19.6 Å². The average molecular weight is 379 g/mol. The van der Waals surface area contributed by atoms with Gasteiger partial charge in [-0.1, -0.05) is 12.1 Å². The van der Waals surface area contributed by atoms with Gasteiger partial charge < -0.3 is 11.1 Å². The molecule has 0 saturated carbocycles. The monoisotopic (exact) mass is 378 g/mol. The number of aryl methyl sites for hydroxylation is 2. The molecule has 26 heavy (non-hydrogen) atoms. The Hall–Kier alpha value is -2.58. The second kappa shape index (κ2) is 8.20. The van der Waals surface area contributed by atoms with Crippen LogP contribution < -0.4 is 11.1 Å². The summed E-state index contributed by atoms with van der Waals surface area (Å²) in [5, 5.41) is 6.89. The molecular formula is C17H20ClFN6O. The Bertz CT molecular complexity index is 942. The van der Waals surface area contributed by atoms with Crippen molar-refractivity contribution in [2.24, 2.45) is 5.73 Å². The molecule has 1 amide bonds. The summed E-state index contributed by atoms with van der Waals surface area (Å²) in [6, 6.07) is 6.08. The number of fused-ring (bicyclic) bond motifs is 1. The Labute approximate surface area is 156 Å². The van der Waals surface area contributed by atoms with Gasteiger partial charge in [0, 0.05) is 17.8 Å². The number of anilines is 1. The number of benzene rings is 1. The number of nitrogens with zero attached hydrogens (tertiary/aromatic N) is 4. The standard InChI is InChI=1S/C17H19FN6O.ClH/c1-10-12(11(2)24-17(20-10)22-15(9-19)23-24)7-8-16(25)21-14-6-4-3-5-13(14)18;/h3-6H,7-9,19H2,1-2H3,(H,21,25);1H. The summed E-state index contributed by atoms with van der Waals surface area (Å²) < 4.78 is 15.2. The third-order valence-corrected chi connectivity index (χ3v) is 4.03. The molecule has 0 fully saturated rings. The van der Waals surface area contributed by atoms with Crippen molar-refractivity contribution in [2.45, 2.75) is 33.2 Å². The summed E-state index contributed by atoms with van der Waals surface area (Å²) >= 11 is 0. The zero-order valence-corrected chi connectivity index (χ0v) is 15.3. The van der Waals surface area contributed by atoms with Crippen molar-refractivity contribution in [3.63, 3.8) is 0 Å². The highest BCUT2D eigenvalue weighted by molar-refractivity contribution is 5.90. The molecule has 0 radical (unpaired) electrons. The van der Waals surface area contributed by atoms with Crippen molar-refractivity contribution in [3.05, 3.63) is 52.9 Å². The predicted molar refractivity (Wildman–Crippen MR) is 98.7 cm³/mol. The van der Waals surface area contributed by atoms with Crippen LogP contribution in [0.25, 0.3) is 5.78 Å². The van der Waals surface area contributed by atoms with Crippen molar-refractivity contribution in [2.75, 3.05) is 5.32 Å². The second-order valence-electron chi connectivity index (χ2n) is 5.73. The van der Waals surface area contributed by atoms with E-state index in [1.807, 2.05) is 13.8 Å². The van der Waals surface area contributed by atoms with Crippen LogP contribution in [0.1, 0.15) is 29.2 Å². The van der Waals surface area contributed by atoms with Gasteiger partial charge >= 0.3 is 0 Å². The highest BCUT2D eigenvalue weighted by Crippen LogP contribution is 2.17. The Morgan fingerprint density at radius 2 is 2.00 bits per heavy atom. The number of nitrogens with one attached hydrogen (secondary N) is 1. The van der Waals surface area contributed by atoms with Crippen molar-refractivity contribution in [3.8, 4) is 0 Å². The third-order valence-electron chi connectivity index (χ3n) is 4.03. The van der Waals surface area contributed by atoms with Gasteiger partial charge in [-0.3, -0.25) is 4.79 Å². The number of carbonyl (C=O) groups is 1. The molecule has 138 valence electrons. The number of nitrogens with two attached hydrogens (primary N) is 1. The van der Waals surface area contributed by atoms with Crippen LogP contribution in [0.3, 0.4) is 0 Å². The highest BCUT2D eigenvalue weighted by atomic mass is 35.5. The number of hydrogen-bond donors (Lipinski definition) is 2. The molecule has 3 N–H and O–H groups in total. The molecule has 9 heteroatoms. The molecule has 0 unspecified atom stereocenters. The molecule has 0 atom stereocenters. The quantitative estimate of drug-likeness (QED) is 0.710. The SMILES string of the molecule is Cc1nc2nc(CN)nn2c(C)c1CCC(=O)Nc1ccccc1F.Cl. The van der Waals surface area contributed by atoms with Gasteiger partial charge in [0.25, 0.3) is 5.78 Å². The van der Waals surface area contributed by atoms with E-state index in [0.29, 0.717) is 18.0 Å². The normalized spacial score (nSPS) is 10.6. The minimum Gasteiger partial charge on any atom is -0.324 e. The molecule has 0 spiro atoms. The number of halogens is 2. The lowest BCUT2D eigenvalue weighted by molar-refractivity contribution is -0.116. The first kappa shape index (κ1) is 19.7. The zero-order valence-electron chi connectivity index (χ0n) is 14.5. The molecule has 7 nitrogen and oxygen atoms in total. The molecule has 0 aliphatic heterocycles. The average Bonchev–Trinajstić information content (AvgIpc) is 3.00. The molecule has 0 aliphatic rings. The fourth-order valence-electron chi connectivity index (χ4n) is 2.71. The maximum absolute atomic E-state index is 13.6. The lowest BCUT2D eigenvalue weighted by Crippen LogP contribution is -2.15. The van der Waals surface area contributed by atoms with Crippen molar-refractivity contribution < 1.29 is 9.18 Å². The number of rotatable bonds is 5. The van der Waals surface area contributed by atoms with Crippen LogP contribution in [0.2, 0.25) is 0 Å². The number of amides is 1. The van der Waals surface area contributed by atoms with Crippen LogP contribution in [0.4, 0.5) is 10.1 Å². The van der Waals surface area contributed by atoms with E-state index in [1.54, 1.807) is 16.6 Å². The Morgan fingerprint density at radius 3 is 2.69 bits per heavy atom. The number of para-hydroxylation sites is 1. The Morgan fingerprint density at radius 1 is 1.27 bits per heavy atom. The van der Waals surface area contributed by atoms with Gasteiger partial charge in [-0.05, 0) is 38.0 Å². The predicted octanol–water partition coefficient (Wildman–Crippen LogP) is 2.33. The summed E-state index contributed by atoms with van der Waals surface area (Å²) in [7, 11) is 0. The first-order valence-corrected chi connectivity index (χ1v) is 7.95. The first-order valence-electron chi connectivity index (χ1n) is 7.95. The van der Waals surface area contributed by atoms with Gasteiger partial charge in [0.15, 0.2) is 5.82 Å². The number of hydrogen-bond acceptors (Lipinski definition) is 5. The summed E-state index contributed by atoms with van der Waals surface area (Å²) in [6.45, 7) is 4.01. The summed E-state index contributed by atoms with van der Waals surface area (Å²) in [5.74, 6) is 0.299. The smallest absolute Gasteiger partial charge is 0.252 e. The van der Waals surface area contributed by atoms with Gasteiger partial charge in [0.1, 0.15) is 5.82 Å². The fourth-order valence-corrected chi connectivity index (χ4v) is 2.71. The van der Waals surface area contributed by atoms with Crippen LogP contribution in [0.5, 0.6) is 0 Å². The van der Waals surface area contributed by atoms with E-state index >= 15 is 0 Å². The largest absolute Gasteiger partial charge is 0.324 e. The van der Waals surface area contributed by atoms with E-state index in [0.717, 1.165) is 17.0 Å². The van der Waals surface area contributed by atoms with Crippen LogP contribution in [0, 0.1) is 19.7 Å². The number of carbonyl (C=O) groups excluding carboxylic acids is 1. The fraction of sp³-hybridized carbons (Fsp3) is 0.294. The highest BCUT2D eigenvalue weighted by Gasteiger charge is 2.14. The Kier molecular flexibility index (Phi) is 6.23. The lowest BCUT2D eigenvalue weighted by atomic mass is 10.1. The van der Waals surface area contributed by atoms with E-state index in [-0.39, 0.29) is 37.0 Å². The maximum Gasteiger partial charge on any atom is 0.252 e. The van der Waals surface area contributed by atoms with Crippen molar-refractivity contribution in [1.29, 1.82) is 0 Å². The van der Waals surface area contributed by atoms with Crippen LogP contribution >= 0.6 is 12.4 Å². The third kappa shape index (κ3) is 3.97. The van der Waals surface area contributed by atoms with Gasteiger partial charge in [-0.2, -0.15) is 4.98 Å². The topological polar surface area (TPSA) is 98.2 Å². The minimum absolute atomic E-state index is 0. The van der Waals surface area contributed by atoms with Crippen LogP contribution in [-0.2, 0) is 17.8 Å². The van der Waals surface area contributed by atoms with E-state index < -0.39 is 5.82 Å². The maximum atomic E-state index is 13.6. The van der Waals surface area contributed by atoms with Gasteiger partial charge in [0.2, 0.25) is 5.91 Å². The molecule has 3 aromatic rings. The zero-order chi connectivity index (χ0) is 18.0. The van der Waals surface area contributed by atoms with E-state index in [4.69, 9.17) is 5.73 Å². The molecule has 0 aliphatic carbocycles. The summed E-state index contributed by atoms with van der Waals surface area (Å²) in [4.78, 5) is 20.8. The number of aromatic nitrogens is 4. The molecule has 2 heterocycles.